The molecule has 45 heavy (non-hydrogen) atoms. The molecule has 2 aliphatic rings. The lowest BCUT2D eigenvalue weighted by Crippen LogP contribution is -2.38. The van der Waals surface area contributed by atoms with Crippen molar-refractivity contribution in [1.29, 1.82) is 0 Å². The van der Waals surface area contributed by atoms with Gasteiger partial charge in [-0.15, -0.1) is 0 Å². The maximum Gasteiger partial charge on any atom is 0.416 e. The van der Waals surface area contributed by atoms with Crippen LogP contribution in [0.15, 0.2) is 91.0 Å². The van der Waals surface area contributed by atoms with Crippen molar-refractivity contribution in [3.63, 3.8) is 0 Å². The van der Waals surface area contributed by atoms with Gasteiger partial charge in [-0.05, 0) is 96.5 Å². The zero-order valence-electron chi connectivity index (χ0n) is 25.6. The molecule has 4 aromatic carbocycles. The fraction of sp³-hybridized carbons (Fsp3) is 0.395. The largest absolute Gasteiger partial charge is 0.490 e. The Morgan fingerprint density at radius 1 is 0.778 bits per heavy atom. The van der Waals surface area contributed by atoms with Gasteiger partial charge in [-0.25, -0.2) is 0 Å². The summed E-state index contributed by atoms with van der Waals surface area (Å²) < 4.78 is 45.0. The van der Waals surface area contributed by atoms with E-state index in [0.29, 0.717) is 11.5 Å². The summed E-state index contributed by atoms with van der Waals surface area (Å²) in [6, 6.07) is 28.1. The van der Waals surface area contributed by atoms with Crippen molar-refractivity contribution in [1.82, 2.24) is 5.32 Å². The molecule has 4 nitrogen and oxygen atoms in total. The molecule has 1 N–H and O–H groups in total. The second-order valence-electron chi connectivity index (χ2n) is 12.7. The van der Waals surface area contributed by atoms with Crippen molar-refractivity contribution in [2.24, 2.45) is 5.92 Å². The summed E-state index contributed by atoms with van der Waals surface area (Å²) in [4.78, 5) is 15.4. The van der Waals surface area contributed by atoms with Gasteiger partial charge in [0.1, 0.15) is 11.9 Å². The quantitative estimate of drug-likeness (QED) is 0.226. The first kappa shape index (κ1) is 31.0. The first-order chi connectivity index (χ1) is 21.8. The van der Waals surface area contributed by atoms with Crippen LogP contribution in [0.2, 0.25) is 0 Å². The highest BCUT2D eigenvalue weighted by Crippen LogP contribution is 2.32. The van der Waals surface area contributed by atoms with Gasteiger partial charge in [0.2, 0.25) is 0 Å². The summed E-state index contributed by atoms with van der Waals surface area (Å²) in [5, 5.41) is 5.33. The van der Waals surface area contributed by atoms with Gasteiger partial charge in [0, 0.05) is 43.2 Å². The molecule has 2 fully saturated rings. The van der Waals surface area contributed by atoms with E-state index in [9.17, 15) is 18.0 Å². The van der Waals surface area contributed by atoms with Crippen molar-refractivity contribution in [3.05, 3.63) is 108 Å². The molecule has 0 spiro atoms. The molecule has 2 atom stereocenters. The molecular weight excluding hydrogens is 573 g/mol. The van der Waals surface area contributed by atoms with E-state index < -0.39 is 11.7 Å². The number of ether oxygens (including phenoxy) is 1. The summed E-state index contributed by atoms with van der Waals surface area (Å²) in [7, 11) is 0. The topological polar surface area (TPSA) is 41.6 Å². The third-order valence-electron chi connectivity index (χ3n) is 9.42. The highest BCUT2D eigenvalue weighted by molar-refractivity contribution is 5.99. The van der Waals surface area contributed by atoms with Gasteiger partial charge in [-0.2, -0.15) is 13.2 Å². The Balaban J connectivity index is 1.00. The number of hydrogen-bond acceptors (Lipinski definition) is 3. The number of nitrogens with one attached hydrogen (secondary N) is 1. The zero-order chi connectivity index (χ0) is 31.2. The molecule has 2 unspecified atom stereocenters. The van der Waals surface area contributed by atoms with Crippen molar-refractivity contribution in [3.8, 4) is 5.75 Å². The van der Waals surface area contributed by atoms with Gasteiger partial charge in [0.25, 0.3) is 5.91 Å². The van der Waals surface area contributed by atoms with E-state index in [0.717, 1.165) is 92.4 Å². The summed E-state index contributed by atoms with van der Waals surface area (Å²) >= 11 is 0. The van der Waals surface area contributed by atoms with Crippen LogP contribution in [-0.4, -0.2) is 31.1 Å². The monoisotopic (exact) mass is 614 g/mol. The molecule has 1 saturated carbocycles. The Hall–Kier alpha value is -4.00. The number of nitrogens with zero attached hydrogens (tertiary/aromatic N) is 1. The van der Waals surface area contributed by atoms with E-state index in [-0.39, 0.29) is 18.1 Å². The van der Waals surface area contributed by atoms with E-state index in [2.05, 4.69) is 40.5 Å². The van der Waals surface area contributed by atoms with E-state index >= 15 is 0 Å². The number of benzene rings is 4. The highest BCUT2D eigenvalue weighted by atomic mass is 19.4. The minimum absolute atomic E-state index is 0.0118. The number of halogens is 3. The van der Waals surface area contributed by atoms with Crippen molar-refractivity contribution in [2.45, 2.75) is 76.1 Å². The molecule has 1 saturated heterocycles. The molecule has 4 aromatic rings. The van der Waals surface area contributed by atoms with Crippen LogP contribution in [0, 0.1) is 5.92 Å². The zero-order valence-corrected chi connectivity index (χ0v) is 25.6. The predicted molar refractivity (Wildman–Crippen MR) is 174 cm³/mol. The minimum Gasteiger partial charge on any atom is -0.490 e. The minimum atomic E-state index is -4.32. The van der Waals surface area contributed by atoms with Gasteiger partial charge >= 0.3 is 6.18 Å². The number of rotatable bonds is 7. The van der Waals surface area contributed by atoms with Crippen LogP contribution in [-0.2, 0) is 12.6 Å². The summed E-state index contributed by atoms with van der Waals surface area (Å²) in [6.45, 7) is 1.44. The summed E-state index contributed by atoms with van der Waals surface area (Å²) in [5.41, 5.74) is 2.25. The third kappa shape index (κ3) is 8.19. The number of hydrogen-bond donors (Lipinski definition) is 1. The average Bonchev–Trinajstić information content (AvgIpc) is 3.04. The highest BCUT2D eigenvalue weighted by Gasteiger charge is 2.30. The Morgan fingerprint density at radius 3 is 2.24 bits per heavy atom. The van der Waals surface area contributed by atoms with Gasteiger partial charge in [-0.1, -0.05) is 61.7 Å². The molecule has 1 heterocycles. The lowest BCUT2D eigenvalue weighted by molar-refractivity contribution is -0.137. The number of carbonyl (C=O) groups excluding carboxylic acids is 1. The van der Waals surface area contributed by atoms with Crippen LogP contribution in [0.5, 0.6) is 5.75 Å². The van der Waals surface area contributed by atoms with E-state index in [1.54, 1.807) is 12.1 Å². The van der Waals surface area contributed by atoms with Crippen LogP contribution in [0.1, 0.15) is 72.9 Å². The third-order valence-corrected chi connectivity index (χ3v) is 9.42. The molecule has 0 bridgehead atoms. The average molecular weight is 615 g/mol. The molecule has 0 aromatic heterocycles. The molecule has 236 valence electrons. The predicted octanol–water partition coefficient (Wildman–Crippen LogP) is 9.22. The molecule has 1 amide bonds. The molecule has 1 aliphatic heterocycles. The van der Waals surface area contributed by atoms with E-state index in [1.165, 1.54) is 18.4 Å². The number of amides is 1. The fourth-order valence-electron chi connectivity index (χ4n) is 6.84. The van der Waals surface area contributed by atoms with Crippen LogP contribution >= 0.6 is 0 Å². The lowest BCUT2D eigenvalue weighted by Gasteiger charge is -2.34. The maximum absolute atomic E-state index is 13.3. The summed E-state index contributed by atoms with van der Waals surface area (Å²) in [5.74, 6) is 1.44. The molecule has 0 radical (unpaired) electrons. The van der Waals surface area contributed by atoms with Crippen molar-refractivity contribution in [2.75, 3.05) is 18.0 Å². The molecular formula is C38H41F3N2O2. The second kappa shape index (κ2) is 14.0. The van der Waals surface area contributed by atoms with Gasteiger partial charge < -0.3 is 15.0 Å². The first-order valence-electron chi connectivity index (χ1n) is 16.3. The number of anilines is 1. The van der Waals surface area contributed by atoms with Crippen LogP contribution in [0.25, 0.3) is 10.8 Å². The number of carbonyl (C=O) groups is 1. The molecule has 1 aliphatic carbocycles. The smallest absolute Gasteiger partial charge is 0.416 e. The Kier molecular flexibility index (Phi) is 9.62. The van der Waals surface area contributed by atoms with Crippen LogP contribution < -0.4 is 15.0 Å². The van der Waals surface area contributed by atoms with Crippen molar-refractivity contribution >= 4 is 22.4 Å². The number of fused-ring (bicyclic) bond motifs is 1. The number of piperidine rings is 1. The first-order valence-corrected chi connectivity index (χ1v) is 16.3. The fourth-order valence-corrected chi connectivity index (χ4v) is 6.84. The van der Waals surface area contributed by atoms with E-state index in [4.69, 9.17) is 4.74 Å². The van der Waals surface area contributed by atoms with Crippen LogP contribution in [0.3, 0.4) is 0 Å². The molecule has 6 rings (SSSR count). The normalized spacial score (nSPS) is 19.9. The van der Waals surface area contributed by atoms with E-state index in [1.807, 2.05) is 36.4 Å². The maximum atomic E-state index is 13.3. The Labute approximate surface area is 263 Å². The Bertz CT molecular complexity index is 1560. The SMILES string of the molecule is O=C(NC1CCCCC(Cc2ccccc2)CC1)c1ccc2cc(OC3CCN(c4ccc(C(F)(F)F)cc4)CC3)ccc2c1. The summed E-state index contributed by atoms with van der Waals surface area (Å²) in [6.07, 6.45) is 5.18. The lowest BCUT2D eigenvalue weighted by atomic mass is 9.85. The molecule has 7 heteroatoms. The van der Waals surface area contributed by atoms with Gasteiger partial charge in [0.15, 0.2) is 0 Å². The van der Waals surface area contributed by atoms with Gasteiger partial charge in [-0.3, -0.25) is 4.79 Å². The second-order valence-corrected chi connectivity index (χ2v) is 12.7. The standard InChI is InChI=1S/C38H41F3N2O2/c39-38(40,41)32-14-17-34(18-15-32)43-22-20-35(21-23-43)45-36-19-13-29-25-31(12-11-30(29)26-36)37(44)42-33-9-5-4-8-28(10-16-33)24-27-6-2-1-3-7-27/h1-3,6-7,11-15,17-19,25-26,28,33,35H,4-5,8-10,16,20-24H2,(H,42,44). The van der Waals surface area contributed by atoms with Crippen molar-refractivity contribution < 1.29 is 22.7 Å². The Morgan fingerprint density at radius 2 is 1.49 bits per heavy atom. The van der Waals surface area contributed by atoms with Gasteiger partial charge in [0.05, 0.1) is 5.56 Å². The van der Waals surface area contributed by atoms with Crippen LogP contribution in [0.4, 0.5) is 18.9 Å². The number of alkyl halides is 3.